The lowest BCUT2D eigenvalue weighted by Gasteiger charge is -2.32. The summed E-state index contributed by atoms with van der Waals surface area (Å²) in [6, 6.07) is 24.9. The molecule has 0 saturated carbocycles. The molecular formula is C30H35ClN2O2S. The Hall–Kier alpha value is -2.76. The van der Waals surface area contributed by atoms with Crippen LogP contribution in [0.4, 0.5) is 0 Å². The van der Waals surface area contributed by atoms with Crippen LogP contribution in [0.25, 0.3) is 0 Å². The maximum absolute atomic E-state index is 13.7. The van der Waals surface area contributed by atoms with Gasteiger partial charge in [0.15, 0.2) is 0 Å². The van der Waals surface area contributed by atoms with E-state index in [0.29, 0.717) is 36.2 Å². The number of thioether (sulfide) groups is 1. The monoisotopic (exact) mass is 522 g/mol. The molecule has 1 atom stereocenters. The first-order valence-corrected chi connectivity index (χ1v) is 13.8. The first-order valence-electron chi connectivity index (χ1n) is 12.3. The van der Waals surface area contributed by atoms with Crippen LogP contribution in [0.1, 0.15) is 36.1 Å². The standard InChI is InChI=1S/C30H35ClN2O2S/c1-22(2)18-32-30(35)28(17-24-10-5-4-6-11-24)33(19-25-13-15-27(31)16-14-25)29(34)21-36-20-26-12-8-7-9-23(26)3/h4-16,22,28H,17-21H2,1-3H3,(H,32,35)/t28-/m1/s1. The molecule has 0 bridgehead atoms. The third kappa shape index (κ3) is 8.72. The van der Waals surface area contributed by atoms with E-state index in [2.05, 4.69) is 38.2 Å². The minimum Gasteiger partial charge on any atom is -0.354 e. The van der Waals surface area contributed by atoms with Crippen molar-refractivity contribution >= 4 is 35.2 Å². The zero-order valence-corrected chi connectivity index (χ0v) is 22.8. The van der Waals surface area contributed by atoms with Gasteiger partial charge in [0.05, 0.1) is 5.75 Å². The van der Waals surface area contributed by atoms with Crippen LogP contribution in [0.3, 0.4) is 0 Å². The quantitative estimate of drug-likeness (QED) is 0.304. The molecule has 3 aromatic carbocycles. The van der Waals surface area contributed by atoms with E-state index >= 15 is 0 Å². The molecule has 3 aromatic rings. The summed E-state index contributed by atoms with van der Waals surface area (Å²) in [5.74, 6) is 1.18. The summed E-state index contributed by atoms with van der Waals surface area (Å²) in [4.78, 5) is 28.8. The molecule has 0 spiro atoms. The molecule has 2 amide bonds. The van der Waals surface area contributed by atoms with E-state index in [1.807, 2.05) is 66.7 Å². The van der Waals surface area contributed by atoms with Crippen LogP contribution in [-0.4, -0.2) is 35.1 Å². The normalized spacial score (nSPS) is 11.8. The molecule has 3 rings (SSSR count). The summed E-state index contributed by atoms with van der Waals surface area (Å²) >= 11 is 7.67. The number of aryl methyl sites for hydroxylation is 1. The van der Waals surface area contributed by atoms with Gasteiger partial charge in [-0.3, -0.25) is 9.59 Å². The van der Waals surface area contributed by atoms with E-state index in [1.165, 1.54) is 11.1 Å². The SMILES string of the molecule is Cc1ccccc1CSCC(=O)N(Cc1ccc(Cl)cc1)[C@H](Cc1ccccc1)C(=O)NCC(C)C. The Morgan fingerprint density at radius 1 is 0.917 bits per heavy atom. The van der Waals surface area contributed by atoms with Crippen LogP contribution >= 0.6 is 23.4 Å². The molecule has 1 N–H and O–H groups in total. The van der Waals surface area contributed by atoms with Crippen LogP contribution < -0.4 is 5.32 Å². The number of hydrogen-bond donors (Lipinski definition) is 1. The second kappa shape index (κ2) is 14.1. The van der Waals surface area contributed by atoms with E-state index < -0.39 is 6.04 Å². The second-order valence-corrected chi connectivity index (χ2v) is 10.8. The van der Waals surface area contributed by atoms with Gasteiger partial charge in [0.1, 0.15) is 6.04 Å². The van der Waals surface area contributed by atoms with Gasteiger partial charge in [0.25, 0.3) is 0 Å². The number of rotatable bonds is 12. The number of nitrogens with one attached hydrogen (secondary N) is 1. The average Bonchev–Trinajstić information content (AvgIpc) is 2.87. The Labute approximate surface area is 224 Å². The van der Waals surface area contributed by atoms with Gasteiger partial charge in [-0.1, -0.05) is 92.2 Å². The molecule has 6 heteroatoms. The molecule has 0 heterocycles. The zero-order chi connectivity index (χ0) is 25.9. The first kappa shape index (κ1) is 27.8. The fraction of sp³-hybridized carbons (Fsp3) is 0.333. The van der Waals surface area contributed by atoms with Crippen molar-refractivity contribution in [1.29, 1.82) is 0 Å². The maximum Gasteiger partial charge on any atom is 0.243 e. The smallest absolute Gasteiger partial charge is 0.243 e. The van der Waals surface area contributed by atoms with E-state index in [9.17, 15) is 9.59 Å². The minimum atomic E-state index is -0.617. The summed E-state index contributed by atoms with van der Waals surface area (Å²) in [5.41, 5.74) is 4.38. The van der Waals surface area contributed by atoms with E-state index in [-0.39, 0.29) is 11.8 Å². The molecule has 36 heavy (non-hydrogen) atoms. The van der Waals surface area contributed by atoms with Crippen LogP contribution in [0.5, 0.6) is 0 Å². The van der Waals surface area contributed by atoms with Gasteiger partial charge in [-0.2, -0.15) is 0 Å². The van der Waals surface area contributed by atoms with Crippen LogP contribution in [-0.2, 0) is 28.3 Å². The third-order valence-electron chi connectivity index (χ3n) is 5.97. The highest BCUT2D eigenvalue weighted by Crippen LogP contribution is 2.20. The van der Waals surface area contributed by atoms with Crippen molar-refractivity contribution in [2.24, 2.45) is 5.92 Å². The number of amides is 2. The molecule has 0 aliphatic carbocycles. The topological polar surface area (TPSA) is 49.4 Å². The van der Waals surface area contributed by atoms with Crippen LogP contribution in [0, 0.1) is 12.8 Å². The number of nitrogens with zero attached hydrogens (tertiary/aromatic N) is 1. The Bertz CT molecular complexity index is 1120. The second-order valence-electron chi connectivity index (χ2n) is 9.41. The number of carbonyl (C=O) groups is 2. The summed E-state index contributed by atoms with van der Waals surface area (Å²) in [6.07, 6.45) is 0.451. The minimum absolute atomic E-state index is 0.0517. The lowest BCUT2D eigenvalue weighted by atomic mass is 10.0. The number of benzene rings is 3. The van der Waals surface area contributed by atoms with E-state index in [0.717, 1.165) is 16.9 Å². The first-order chi connectivity index (χ1) is 17.3. The summed E-state index contributed by atoms with van der Waals surface area (Å²) in [5, 5.41) is 3.70. The van der Waals surface area contributed by atoms with E-state index in [4.69, 9.17) is 11.6 Å². The van der Waals surface area contributed by atoms with Gasteiger partial charge in [0, 0.05) is 30.3 Å². The van der Waals surface area contributed by atoms with Crippen molar-refractivity contribution in [2.75, 3.05) is 12.3 Å². The van der Waals surface area contributed by atoms with Gasteiger partial charge in [-0.25, -0.2) is 0 Å². The van der Waals surface area contributed by atoms with E-state index in [1.54, 1.807) is 16.7 Å². The lowest BCUT2D eigenvalue weighted by molar-refractivity contribution is -0.139. The van der Waals surface area contributed by atoms with Crippen LogP contribution in [0.2, 0.25) is 5.02 Å². The molecule has 0 aromatic heterocycles. The van der Waals surface area contributed by atoms with Crippen molar-refractivity contribution in [1.82, 2.24) is 10.2 Å². The number of halogens is 1. The van der Waals surface area contributed by atoms with Crippen molar-refractivity contribution < 1.29 is 9.59 Å². The van der Waals surface area contributed by atoms with Gasteiger partial charge in [0.2, 0.25) is 11.8 Å². The molecule has 0 unspecified atom stereocenters. The highest BCUT2D eigenvalue weighted by Gasteiger charge is 2.30. The Morgan fingerprint density at radius 2 is 1.58 bits per heavy atom. The number of carbonyl (C=O) groups excluding carboxylic acids is 2. The van der Waals surface area contributed by atoms with Crippen molar-refractivity contribution in [2.45, 2.75) is 45.5 Å². The van der Waals surface area contributed by atoms with Gasteiger partial charge >= 0.3 is 0 Å². The number of hydrogen-bond acceptors (Lipinski definition) is 3. The van der Waals surface area contributed by atoms with Crippen LogP contribution in [0.15, 0.2) is 78.9 Å². The fourth-order valence-electron chi connectivity index (χ4n) is 3.87. The molecule has 4 nitrogen and oxygen atoms in total. The average molecular weight is 523 g/mol. The largest absolute Gasteiger partial charge is 0.354 e. The van der Waals surface area contributed by atoms with Gasteiger partial charge in [-0.05, 0) is 47.2 Å². The van der Waals surface area contributed by atoms with Crippen molar-refractivity contribution in [3.8, 4) is 0 Å². The molecule has 0 radical (unpaired) electrons. The Kier molecular flexibility index (Phi) is 10.9. The Morgan fingerprint density at radius 3 is 2.25 bits per heavy atom. The summed E-state index contributed by atoms with van der Waals surface area (Å²) in [7, 11) is 0. The van der Waals surface area contributed by atoms with Crippen molar-refractivity contribution in [3.05, 3.63) is 106 Å². The van der Waals surface area contributed by atoms with Crippen molar-refractivity contribution in [3.63, 3.8) is 0 Å². The highest BCUT2D eigenvalue weighted by molar-refractivity contribution is 7.99. The summed E-state index contributed by atoms with van der Waals surface area (Å²) < 4.78 is 0. The molecular weight excluding hydrogens is 488 g/mol. The predicted octanol–water partition coefficient (Wildman–Crippen LogP) is 6.29. The lowest BCUT2D eigenvalue weighted by Crippen LogP contribution is -2.51. The molecule has 190 valence electrons. The molecule has 0 fully saturated rings. The molecule has 0 saturated heterocycles. The summed E-state index contributed by atoms with van der Waals surface area (Å²) in [6.45, 7) is 7.11. The van der Waals surface area contributed by atoms with Gasteiger partial charge < -0.3 is 10.2 Å². The predicted molar refractivity (Wildman–Crippen MR) is 151 cm³/mol. The Balaban J connectivity index is 1.84. The fourth-order valence-corrected chi connectivity index (χ4v) is 4.98. The maximum atomic E-state index is 13.7. The van der Waals surface area contributed by atoms with Gasteiger partial charge in [-0.15, -0.1) is 11.8 Å². The zero-order valence-electron chi connectivity index (χ0n) is 21.2. The molecule has 0 aliphatic rings. The molecule has 0 aliphatic heterocycles. The highest BCUT2D eigenvalue weighted by atomic mass is 35.5. The third-order valence-corrected chi connectivity index (χ3v) is 7.18.